The Morgan fingerprint density at radius 1 is 1.38 bits per heavy atom. The third-order valence-electron chi connectivity index (χ3n) is 2.75. The minimum atomic E-state index is 0.0754. The first-order valence-corrected chi connectivity index (χ1v) is 6.04. The van der Waals surface area contributed by atoms with E-state index in [9.17, 15) is 4.79 Å². The highest BCUT2D eigenvalue weighted by molar-refractivity contribution is 4.94. The normalized spacial score (nSPS) is 13.0. The second-order valence-corrected chi connectivity index (χ2v) is 4.50. The van der Waals surface area contributed by atoms with E-state index in [4.69, 9.17) is 0 Å². The topological polar surface area (TPSA) is 34.0 Å². The fourth-order valence-corrected chi connectivity index (χ4v) is 1.66. The van der Waals surface area contributed by atoms with Gasteiger partial charge in [-0.15, -0.1) is 0 Å². The molecular formula is C13H22N2O. The van der Waals surface area contributed by atoms with Gasteiger partial charge in [-0.1, -0.05) is 26.8 Å². The van der Waals surface area contributed by atoms with Crippen LogP contribution in [0.15, 0.2) is 29.2 Å². The molecule has 1 N–H and O–H groups in total. The molecule has 1 heterocycles. The van der Waals surface area contributed by atoms with Crippen LogP contribution in [0, 0.1) is 5.92 Å². The van der Waals surface area contributed by atoms with E-state index in [2.05, 4.69) is 26.1 Å². The van der Waals surface area contributed by atoms with Gasteiger partial charge in [-0.05, 0) is 24.9 Å². The van der Waals surface area contributed by atoms with Crippen LogP contribution in [0.2, 0.25) is 0 Å². The minimum absolute atomic E-state index is 0.0754. The summed E-state index contributed by atoms with van der Waals surface area (Å²) in [5, 5.41) is 3.48. The van der Waals surface area contributed by atoms with E-state index in [1.807, 2.05) is 12.3 Å². The highest BCUT2D eigenvalue weighted by Gasteiger charge is 2.12. The van der Waals surface area contributed by atoms with E-state index >= 15 is 0 Å². The van der Waals surface area contributed by atoms with Crippen molar-refractivity contribution in [2.24, 2.45) is 5.92 Å². The summed E-state index contributed by atoms with van der Waals surface area (Å²) in [6.45, 7) is 8.27. The van der Waals surface area contributed by atoms with Gasteiger partial charge in [-0.25, -0.2) is 0 Å². The van der Waals surface area contributed by atoms with Gasteiger partial charge in [0.05, 0.1) is 0 Å². The molecule has 3 nitrogen and oxygen atoms in total. The van der Waals surface area contributed by atoms with Crippen molar-refractivity contribution >= 4 is 0 Å². The predicted octanol–water partition coefficient (Wildman–Crippen LogP) is 1.87. The van der Waals surface area contributed by atoms with Crippen LogP contribution in [0.5, 0.6) is 0 Å². The average Bonchev–Trinajstić information content (AvgIpc) is 2.26. The predicted molar refractivity (Wildman–Crippen MR) is 67.6 cm³/mol. The zero-order valence-electron chi connectivity index (χ0n) is 10.4. The lowest BCUT2D eigenvalue weighted by Crippen LogP contribution is -2.40. The first-order valence-electron chi connectivity index (χ1n) is 6.04. The lowest BCUT2D eigenvalue weighted by molar-refractivity contribution is 0.352. The minimum Gasteiger partial charge on any atom is -0.314 e. The van der Waals surface area contributed by atoms with Gasteiger partial charge in [0.25, 0.3) is 5.56 Å². The second kappa shape index (κ2) is 6.48. The Morgan fingerprint density at radius 2 is 2.12 bits per heavy atom. The Bertz CT molecular complexity index is 357. The summed E-state index contributed by atoms with van der Waals surface area (Å²) in [5.41, 5.74) is 0.0754. The van der Waals surface area contributed by atoms with Gasteiger partial charge in [0, 0.05) is 24.8 Å². The van der Waals surface area contributed by atoms with Gasteiger partial charge in [0.2, 0.25) is 0 Å². The maximum Gasteiger partial charge on any atom is 0.250 e. The summed E-state index contributed by atoms with van der Waals surface area (Å²) in [6, 6.07) is 5.65. The maximum atomic E-state index is 11.6. The monoisotopic (exact) mass is 222 g/mol. The number of nitrogens with one attached hydrogen (secondary N) is 1. The molecule has 1 aromatic heterocycles. The molecule has 1 atom stereocenters. The van der Waals surface area contributed by atoms with Crippen molar-refractivity contribution in [1.29, 1.82) is 0 Å². The zero-order chi connectivity index (χ0) is 12.0. The van der Waals surface area contributed by atoms with Crippen LogP contribution in [0.1, 0.15) is 27.2 Å². The average molecular weight is 222 g/mol. The summed E-state index contributed by atoms with van der Waals surface area (Å²) in [7, 11) is 0. The molecule has 0 spiro atoms. The van der Waals surface area contributed by atoms with Crippen LogP contribution in [0.25, 0.3) is 0 Å². The number of aromatic nitrogens is 1. The third kappa shape index (κ3) is 3.81. The van der Waals surface area contributed by atoms with Gasteiger partial charge in [-0.2, -0.15) is 0 Å². The molecular weight excluding hydrogens is 200 g/mol. The van der Waals surface area contributed by atoms with Gasteiger partial charge in [0.15, 0.2) is 0 Å². The van der Waals surface area contributed by atoms with Crippen molar-refractivity contribution < 1.29 is 0 Å². The van der Waals surface area contributed by atoms with Gasteiger partial charge < -0.3 is 9.88 Å². The lowest BCUT2D eigenvalue weighted by atomic mass is 10.0. The van der Waals surface area contributed by atoms with Crippen molar-refractivity contribution in [2.75, 3.05) is 6.54 Å². The quantitative estimate of drug-likeness (QED) is 0.797. The Balaban J connectivity index is 2.68. The fraction of sp³-hybridized carbons (Fsp3) is 0.615. The summed E-state index contributed by atoms with van der Waals surface area (Å²) >= 11 is 0. The summed E-state index contributed by atoms with van der Waals surface area (Å²) in [4.78, 5) is 11.6. The van der Waals surface area contributed by atoms with E-state index in [1.165, 1.54) is 0 Å². The number of pyridine rings is 1. The van der Waals surface area contributed by atoms with E-state index in [0.717, 1.165) is 19.5 Å². The molecule has 0 saturated carbocycles. The van der Waals surface area contributed by atoms with Crippen molar-refractivity contribution in [3.63, 3.8) is 0 Å². The molecule has 0 bridgehead atoms. The SMILES string of the molecule is CCCNC(Cn1ccccc1=O)C(C)C. The molecule has 0 aliphatic rings. The zero-order valence-corrected chi connectivity index (χ0v) is 10.4. The summed E-state index contributed by atoms with van der Waals surface area (Å²) in [6.07, 6.45) is 2.97. The van der Waals surface area contributed by atoms with Crippen molar-refractivity contribution in [3.05, 3.63) is 34.7 Å². The summed E-state index contributed by atoms with van der Waals surface area (Å²) < 4.78 is 1.77. The molecule has 0 aromatic carbocycles. The molecule has 0 aliphatic carbocycles. The van der Waals surface area contributed by atoms with Crippen molar-refractivity contribution in [1.82, 2.24) is 9.88 Å². The Morgan fingerprint density at radius 3 is 2.69 bits per heavy atom. The van der Waals surface area contributed by atoms with Crippen molar-refractivity contribution in [3.8, 4) is 0 Å². The highest BCUT2D eigenvalue weighted by Crippen LogP contribution is 2.03. The van der Waals surface area contributed by atoms with Crippen LogP contribution < -0.4 is 10.9 Å². The molecule has 0 amide bonds. The van der Waals surface area contributed by atoms with E-state index < -0.39 is 0 Å². The van der Waals surface area contributed by atoms with Crippen LogP contribution in [0.4, 0.5) is 0 Å². The van der Waals surface area contributed by atoms with Crippen LogP contribution in [-0.4, -0.2) is 17.2 Å². The third-order valence-corrected chi connectivity index (χ3v) is 2.75. The fourth-order valence-electron chi connectivity index (χ4n) is 1.66. The summed E-state index contributed by atoms with van der Waals surface area (Å²) in [5.74, 6) is 0.527. The van der Waals surface area contributed by atoms with E-state index in [-0.39, 0.29) is 5.56 Å². The van der Waals surface area contributed by atoms with Crippen LogP contribution in [0.3, 0.4) is 0 Å². The van der Waals surface area contributed by atoms with E-state index in [1.54, 1.807) is 16.7 Å². The first-order chi connectivity index (χ1) is 7.65. The van der Waals surface area contributed by atoms with Crippen LogP contribution >= 0.6 is 0 Å². The first kappa shape index (κ1) is 13.0. The van der Waals surface area contributed by atoms with Gasteiger partial charge >= 0.3 is 0 Å². The Hall–Kier alpha value is -1.09. The molecule has 1 aromatic rings. The van der Waals surface area contributed by atoms with E-state index in [0.29, 0.717) is 12.0 Å². The Labute approximate surface area is 97.5 Å². The number of rotatable bonds is 6. The lowest BCUT2D eigenvalue weighted by Gasteiger charge is -2.23. The Kier molecular flexibility index (Phi) is 5.26. The number of hydrogen-bond acceptors (Lipinski definition) is 2. The standard InChI is InChI=1S/C13H22N2O/c1-4-8-14-12(11(2)3)10-15-9-6-5-7-13(15)16/h5-7,9,11-12,14H,4,8,10H2,1-3H3. The smallest absolute Gasteiger partial charge is 0.250 e. The molecule has 90 valence electrons. The molecule has 0 radical (unpaired) electrons. The molecule has 0 saturated heterocycles. The largest absolute Gasteiger partial charge is 0.314 e. The molecule has 1 rings (SSSR count). The maximum absolute atomic E-state index is 11.6. The molecule has 3 heteroatoms. The van der Waals surface area contributed by atoms with Gasteiger partial charge in [0.1, 0.15) is 0 Å². The van der Waals surface area contributed by atoms with Crippen LogP contribution in [-0.2, 0) is 6.54 Å². The number of hydrogen-bond donors (Lipinski definition) is 1. The highest BCUT2D eigenvalue weighted by atomic mass is 16.1. The number of nitrogens with zero attached hydrogens (tertiary/aromatic N) is 1. The van der Waals surface area contributed by atoms with Gasteiger partial charge in [-0.3, -0.25) is 4.79 Å². The molecule has 1 unspecified atom stereocenters. The molecule has 0 fully saturated rings. The van der Waals surface area contributed by atoms with Crippen molar-refractivity contribution in [2.45, 2.75) is 39.8 Å². The second-order valence-electron chi connectivity index (χ2n) is 4.50. The molecule has 0 aliphatic heterocycles. The molecule has 16 heavy (non-hydrogen) atoms.